The van der Waals surface area contributed by atoms with Gasteiger partial charge in [-0.15, -0.1) is 11.3 Å². The third kappa shape index (κ3) is 5.88. The number of piperazine rings is 1. The summed E-state index contributed by atoms with van der Waals surface area (Å²) in [7, 11) is 0. The third-order valence-electron chi connectivity index (χ3n) is 6.87. The Kier molecular flexibility index (Phi) is 7.84. The van der Waals surface area contributed by atoms with Gasteiger partial charge in [0.1, 0.15) is 24.3 Å². The fourth-order valence-corrected chi connectivity index (χ4v) is 5.73. The van der Waals surface area contributed by atoms with Gasteiger partial charge < -0.3 is 25.0 Å². The van der Waals surface area contributed by atoms with Crippen LogP contribution in [0.4, 0.5) is 0 Å². The average molecular weight is 505 g/mol. The summed E-state index contributed by atoms with van der Waals surface area (Å²) < 4.78 is 7.58. The zero-order valence-electron chi connectivity index (χ0n) is 20.2. The quantitative estimate of drug-likeness (QED) is 0.294. The molecule has 6 nitrogen and oxygen atoms in total. The second-order valence-electron chi connectivity index (χ2n) is 9.31. The van der Waals surface area contributed by atoms with Crippen molar-refractivity contribution in [3.8, 4) is 11.5 Å². The van der Waals surface area contributed by atoms with Crippen molar-refractivity contribution < 1.29 is 20.1 Å². The number of hydrogen-bond acceptors (Lipinski definition) is 7. The van der Waals surface area contributed by atoms with Gasteiger partial charge in [-0.2, -0.15) is 0 Å². The summed E-state index contributed by atoms with van der Waals surface area (Å²) in [4.78, 5) is 4.71. The molecule has 188 valence electrons. The predicted molar refractivity (Wildman–Crippen MR) is 143 cm³/mol. The highest BCUT2D eigenvalue weighted by Crippen LogP contribution is 2.32. The van der Waals surface area contributed by atoms with Crippen LogP contribution in [-0.2, 0) is 4.74 Å². The second kappa shape index (κ2) is 11.4. The minimum Gasteiger partial charge on any atom is -0.508 e. The lowest BCUT2D eigenvalue weighted by Crippen LogP contribution is -2.47. The number of phenols is 2. The van der Waals surface area contributed by atoms with Gasteiger partial charge in [-0.25, -0.2) is 0 Å². The van der Waals surface area contributed by atoms with Crippen LogP contribution in [0, 0.1) is 0 Å². The third-order valence-corrected chi connectivity index (χ3v) is 7.85. The van der Waals surface area contributed by atoms with Crippen LogP contribution < -0.4 is 0 Å². The number of fused-ring (bicyclic) bond motifs is 1. The Bertz CT molecular complexity index is 1210. The smallest absolute Gasteiger partial charge is 0.115 e. The molecule has 0 amide bonds. The van der Waals surface area contributed by atoms with Gasteiger partial charge in [0.25, 0.3) is 0 Å². The number of hydrogen-bond donors (Lipinski definition) is 3. The normalized spacial score (nSPS) is 16.1. The van der Waals surface area contributed by atoms with E-state index >= 15 is 0 Å². The first kappa shape index (κ1) is 24.7. The Morgan fingerprint density at radius 3 is 2.00 bits per heavy atom. The molecule has 36 heavy (non-hydrogen) atoms. The number of rotatable bonds is 9. The number of aliphatic hydroxyl groups is 1. The van der Waals surface area contributed by atoms with Crippen molar-refractivity contribution in [3.63, 3.8) is 0 Å². The van der Waals surface area contributed by atoms with E-state index in [2.05, 4.69) is 27.3 Å². The molecule has 1 aromatic heterocycles. The van der Waals surface area contributed by atoms with E-state index in [0.717, 1.165) is 61.2 Å². The van der Waals surface area contributed by atoms with Gasteiger partial charge in [-0.1, -0.05) is 42.5 Å². The zero-order chi connectivity index (χ0) is 24.9. The van der Waals surface area contributed by atoms with E-state index in [4.69, 9.17) is 4.74 Å². The molecule has 2 heterocycles. The molecule has 1 saturated heterocycles. The molecular weight excluding hydrogens is 472 g/mol. The predicted octanol–water partition coefficient (Wildman–Crippen LogP) is 5.12. The highest BCUT2D eigenvalue weighted by Gasteiger charge is 2.22. The van der Waals surface area contributed by atoms with Crippen LogP contribution in [0.3, 0.4) is 0 Å². The first-order valence-corrected chi connectivity index (χ1v) is 13.2. The van der Waals surface area contributed by atoms with Crippen LogP contribution in [0.1, 0.15) is 35.3 Å². The molecule has 4 aromatic rings. The van der Waals surface area contributed by atoms with Gasteiger partial charge in [0, 0.05) is 37.4 Å². The number of phenolic OH excluding ortho intramolecular Hbond substituents is 2. The largest absolute Gasteiger partial charge is 0.508 e. The van der Waals surface area contributed by atoms with Crippen molar-refractivity contribution in [2.45, 2.75) is 18.6 Å². The highest BCUT2D eigenvalue weighted by molar-refractivity contribution is 7.17. The van der Waals surface area contributed by atoms with Crippen LogP contribution in [0.25, 0.3) is 10.1 Å². The standard InChI is InChI=1S/C29H32N2O4S/c32-23-9-5-21(6-10-23)29(22-7-11-24(33)12-8-22)35-20-31-17-15-30(16-18-31)14-13-27(34)26-19-36-28-4-2-1-3-25(26)28/h1-12,19,27,29,32-34H,13-18,20H2. The Hall–Kier alpha value is -2.94. The summed E-state index contributed by atoms with van der Waals surface area (Å²) >= 11 is 1.69. The van der Waals surface area contributed by atoms with Crippen molar-refractivity contribution in [2.75, 3.05) is 39.5 Å². The summed E-state index contributed by atoms with van der Waals surface area (Å²) in [6, 6.07) is 22.4. The molecule has 0 aliphatic carbocycles. The number of nitrogens with zero attached hydrogens (tertiary/aromatic N) is 2. The first-order valence-electron chi connectivity index (χ1n) is 12.4. The molecule has 1 atom stereocenters. The van der Waals surface area contributed by atoms with Crippen molar-refractivity contribution in [2.24, 2.45) is 0 Å². The molecule has 0 radical (unpaired) electrons. The van der Waals surface area contributed by atoms with Crippen LogP contribution in [0.15, 0.2) is 78.2 Å². The summed E-state index contributed by atoms with van der Waals surface area (Å²) in [5.41, 5.74) is 2.94. The topological polar surface area (TPSA) is 76.4 Å². The number of benzene rings is 3. The fraction of sp³-hybridized carbons (Fsp3) is 0.310. The Morgan fingerprint density at radius 2 is 1.36 bits per heavy atom. The molecule has 0 spiro atoms. The van der Waals surface area contributed by atoms with Gasteiger partial charge in [0.2, 0.25) is 0 Å². The average Bonchev–Trinajstić information content (AvgIpc) is 3.34. The van der Waals surface area contributed by atoms with Gasteiger partial charge in [-0.05, 0) is 64.2 Å². The Labute approximate surface area is 215 Å². The van der Waals surface area contributed by atoms with Crippen molar-refractivity contribution in [1.82, 2.24) is 9.80 Å². The SMILES string of the molecule is Oc1ccc(C(OCN2CCN(CCC(O)c3csc4ccccc34)CC2)c2ccc(O)cc2)cc1. The lowest BCUT2D eigenvalue weighted by molar-refractivity contribution is -0.0267. The van der Waals surface area contributed by atoms with Gasteiger partial charge in [0.15, 0.2) is 0 Å². The lowest BCUT2D eigenvalue weighted by Gasteiger charge is -2.35. The van der Waals surface area contributed by atoms with Gasteiger partial charge in [-0.3, -0.25) is 4.90 Å². The summed E-state index contributed by atoms with van der Waals surface area (Å²) in [5, 5.41) is 33.4. The minimum atomic E-state index is -0.445. The molecule has 7 heteroatoms. The van der Waals surface area contributed by atoms with Crippen LogP contribution >= 0.6 is 11.3 Å². The van der Waals surface area contributed by atoms with E-state index in [1.165, 1.54) is 4.70 Å². The minimum absolute atomic E-state index is 0.219. The van der Waals surface area contributed by atoms with Crippen LogP contribution in [-0.4, -0.2) is 64.6 Å². The number of aliphatic hydroxyl groups excluding tert-OH is 1. The van der Waals surface area contributed by atoms with Gasteiger partial charge >= 0.3 is 0 Å². The molecule has 1 aliphatic heterocycles. The summed E-state index contributed by atoms with van der Waals surface area (Å²) in [6.45, 7) is 5.02. The molecule has 3 aromatic carbocycles. The zero-order valence-corrected chi connectivity index (χ0v) is 21.0. The summed E-state index contributed by atoms with van der Waals surface area (Å²) in [6.07, 6.45) is -0.0141. The van der Waals surface area contributed by atoms with Crippen molar-refractivity contribution in [1.29, 1.82) is 0 Å². The molecule has 0 saturated carbocycles. The maximum absolute atomic E-state index is 10.8. The van der Waals surface area contributed by atoms with Gasteiger partial charge in [0.05, 0.1) is 6.10 Å². The summed E-state index contributed by atoms with van der Waals surface area (Å²) in [5.74, 6) is 0.438. The number of aromatic hydroxyl groups is 2. The molecule has 1 aliphatic rings. The molecule has 1 unspecified atom stereocenters. The number of thiophene rings is 1. The molecular formula is C29H32N2O4S. The van der Waals surface area contributed by atoms with Crippen LogP contribution in [0.5, 0.6) is 11.5 Å². The second-order valence-corrected chi connectivity index (χ2v) is 10.2. The molecule has 3 N–H and O–H groups in total. The van der Waals surface area contributed by atoms with Crippen molar-refractivity contribution >= 4 is 21.4 Å². The molecule has 1 fully saturated rings. The molecule has 5 rings (SSSR count). The van der Waals surface area contributed by atoms with E-state index in [1.54, 1.807) is 35.6 Å². The van der Waals surface area contributed by atoms with E-state index < -0.39 is 6.10 Å². The highest BCUT2D eigenvalue weighted by atomic mass is 32.1. The number of ether oxygens (including phenoxy) is 1. The van der Waals surface area contributed by atoms with Crippen LogP contribution in [0.2, 0.25) is 0 Å². The van der Waals surface area contributed by atoms with E-state index in [9.17, 15) is 15.3 Å². The van der Waals surface area contributed by atoms with Crippen molar-refractivity contribution in [3.05, 3.63) is 94.9 Å². The van der Waals surface area contributed by atoms with E-state index in [-0.39, 0.29) is 17.6 Å². The maximum Gasteiger partial charge on any atom is 0.115 e. The molecule has 0 bridgehead atoms. The van der Waals surface area contributed by atoms with E-state index in [1.807, 2.05) is 36.4 Å². The monoisotopic (exact) mass is 504 g/mol. The lowest BCUT2D eigenvalue weighted by atomic mass is 10.0. The fourth-order valence-electron chi connectivity index (χ4n) is 4.72. The Morgan fingerprint density at radius 1 is 0.778 bits per heavy atom. The Balaban J connectivity index is 1.13. The maximum atomic E-state index is 10.8. The van der Waals surface area contributed by atoms with E-state index in [0.29, 0.717) is 6.73 Å². The first-order chi connectivity index (χ1) is 17.6.